The summed E-state index contributed by atoms with van der Waals surface area (Å²) in [6.45, 7) is 0.0962. The highest BCUT2D eigenvalue weighted by molar-refractivity contribution is 6.35. The number of halogens is 1. The van der Waals surface area contributed by atoms with Crippen LogP contribution in [0.4, 0.5) is 0 Å². The molecule has 140 valence electrons. The number of nitrogens with zero attached hydrogens (tertiary/aromatic N) is 3. The van der Waals surface area contributed by atoms with Crippen molar-refractivity contribution >= 4 is 28.5 Å². The molecule has 2 heterocycles. The van der Waals surface area contributed by atoms with E-state index in [9.17, 15) is 4.79 Å². The summed E-state index contributed by atoms with van der Waals surface area (Å²) in [4.78, 5) is 20.8. The Kier molecular flexibility index (Phi) is 5.06. The molecule has 0 aliphatic heterocycles. The number of nitrogens with one attached hydrogen (secondary N) is 1. The van der Waals surface area contributed by atoms with Gasteiger partial charge in [-0.3, -0.25) is 4.79 Å². The quantitative estimate of drug-likeness (QED) is 0.510. The molecule has 0 fully saturated rings. The molecule has 1 amide bonds. The second-order valence-electron chi connectivity index (χ2n) is 6.17. The number of benzene rings is 2. The normalized spacial score (nSPS) is 10.9. The number of carbonyl (C=O) groups excluding carboxylic acids is 1. The van der Waals surface area contributed by atoms with E-state index in [4.69, 9.17) is 16.7 Å². The predicted octanol–water partition coefficient (Wildman–Crippen LogP) is 3.46. The molecule has 2 N–H and O–H groups in total. The molecular formula is C21H17ClN4O2. The van der Waals surface area contributed by atoms with Gasteiger partial charge in [0.2, 0.25) is 0 Å². The minimum absolute atomic E-state index is 0.108. The molecule has 4 rings (SSSR count). The molecule has 0 unspecified atom stereocenters. The molecule has 0 bridgehead atoms. The van der Waals surface area contributed by atoms with Crippen LogP contribution in [0.5, 0.6) is 0 Å². The monoisotopic (exact) mass is 392 g/mol. The van der Waals surface area contributed by atoms with Crippen LogP contribution in [-0.4, -0.2) is 38.7 Å². The fourth-order valence-corrected chi connectivity index (χ4v) is 3.36. The third kappa shape index (κ3) is 3.35. The Morgan fingerprint density at radius 1 is 1.11 bits per heavy atom. The van der Waals surface area contributed by atoms with E-state index in [0.29, 0.717) is 16.4 Å². The highest BCUT2D eigenvalue weighted by atomic mass is 35.5. The van der Waals surface area contributed by atoms with Crippen molar-refractivity contribution in [3.63, 3.8) is 0 Å². The minimum atomic E-state index is -0.245. The topological polar surface area (TPSA) is 80.0 Å². The highest BCUT2D eigenvalue weighted by Gasteiger charge is 2.17. The minimum Gasteiger partial charge on any atom is -0.395 e. The number of para-hydroxylation sites is 1. The summed E-state index contributed by atoms with van der Waals surface area (Å²) in [6.07, 6.45) is 3.39. The smallest absolute Gasteiger partial charge is 0.251 e. The summed E-state index contributed by atoms with van der Waals surface area (Å²) < 4.78 is 1.96. The van der Waals surface area contributed by atoms with Gasteiger partial charge in [0, 0.05) is 29.6 Å². The third-order valence-corrected chi connectivity index (χ3v) is 4.69. The van der Waals surface area contributed by atoms with Crippen molar-refractivity contribution in [1.82, 2.24) is 19.9 Å². The summed E-state index contributed by atoms with van der Waals surface area (Å²) in [5, 5.41) is 12.6. The summed E-state index contributed by atoms with van der Waals surface area (Å²) in [5.74, 6) is -0.245. The van der Waals surface area contributed by atoms with E-state index in [0.717, 1.165) is 22.2 Å². The van der Waals surface area contributed by atoms with Crippen LogP contribution in [0.3, 0.4) is 0 Å². The first-order chi connectivity index (χ1) is 13.7. The van der Waals surface area contributed by atoms with E-state index in [1.54, 1.807) is 12.1 Å². The maximum Gasteiger partial charge on any atom is 0.251 e. The van der Waals surface area contributed by atoms with Gasteiger partial charge in [0.25, 0.3) is 5.91 Å². The van der Waals surface area contributed by atoms with Crippen LogP contribution in [0, 0.1) is 0 Å². The van der Waals surface area contributed by atoms with Crippen LogP contribution in [0.25, 0.3) is 27.8 Å². The third-order valence-electron chi connectivity index (χ3n) is 4.40. The zero-order chi connectivity index (χ0) is 19.5. The van der Waals surface area contributed by atoms with Crippen molar-refractivity contribution in [2.45, 2.75) is 0 Å². The molecule has 2 aromatic carbocycles. The molecule has 0 saturated carbocycles. The van der Waals surface area contributed by atoms with Gasteiger partial charge < -0.3 is 15.0 Å². The zero-order valence-corrected chi connectivity index (χ0v) is 15.6. The van der Waals surface area contributed by atoms with E-state index < -0.39 is 0 Å². The second kappa shape index (κ2) is 7.80. The lowest BCUT2D eigenvalue weighted by atomic mass is 10.0. The second-order valence-corrected chi connectivity index (χ2v) is 6.53. The Morgan fingerprint density at radius 3 is 2.71 bits per heavy atom. The van der Waals surface area contributed by atoms with E-state index in [1.165, 1.54) is 6.33 Å². The number of aliphatic hydroxyl groups excluding tert-OH is 1. The van der Waals surface area contributed by atoms with Gasteiger partial charge in [-0.15, -0.1) is 0 Å². The van der Waals surface area contributed by atoms with Gasteiger partial charge in [0.1, 0.15) is 17.1 Å². The Bertz CT molecular complexity index is 1140. The number of carbonyl (C=O) groups is 1. The van der Waals surface area contributed by atoms with Crippen LogP contribution in [0.15, 0.2) is 67.1 Å². The van der Waals surface area contributed by atoms with Gasteiger partial charge in [-0.2, -0.15) is 0 Å². The van der Waals surface area contributed by atoms with Crippen molar-refractivity contribution in [2.75, 3.05) is 13.2 Å². The van der Waals surface area contributed by atoms with Gasteiger partial charge in [-0.05, 0) is 29.8 Å². The van der Waals surface area contributed by atoms with Crippen molar-refractivity contribution < 1.29 is 9.90 Å². The van der Waals surface area contributed by atoms with Gasteiger partial charge in [-0.25, -0.2) is 9.97 Å². The number of aliphatic hydroxyl groups is 1. The first-order valence-corrected chi connectivity index (χ1v) is 9.13. The van der Waals surface area contributed by atoms with Crippen LogP contribution in [0.1, 0.15) is 10.4 Å². The molecule has 6 nitrogen and oxygen atoms in total. The maximum atomic E-state index is 12.3. The molecule has 0 saturated heterocycles. The molecule has 0 radical (unpaired) electrons. The number of hydrogen-bond acceptors (Lipinski definition) is 4. The lowest BCUT2D eigenvalue weighted by Crippen LogP contribution is -2.26. The molecule has 0 spiro atoms. The van der Waals surface area contributed by atoms with Crippen LogP contribution in [0.2, 0.25) is 5.15 Å². The lowest BCUT2D eigenvalue weighted by Gasteiger charge is -2.06. The molecule has 0 aliphatic rings. The first-order valence-electron chi connectivity index (χ1n) is 8.75. The van der Waals surface area contributed by atoms with Crippen molar-refractivity contribution in [1.29, 1.82) is 0 Å². The zero-order valence-electron chi connectivity index (χ0n) is 14.8. The van der Waals surface area contributed by atoms with Gasteiger partial charge in [0.15, 0.2) is 0 Å². The molecule has 0 atom stereocenters. The van der Waals surface area contributed by atoms with Crippen molar-refractivity contribution in [2.24, 2.45) is 0 Å². The lowest BCUT2D eigenvalue weighted by molar-refractivity contribution is 0.0945. The van der Waals surface area contributed by atoms with Gasteiger partial charge in [0.05, 0.1) is 12.0 Å². The standard InChI is InChI=1S/C21H17ClN4O2/c22-19-18-17(14-5-4-6-15(11-14)21(28)23-9-10-27)12-26(20(18)25-13-24-19)16-7-2-1-3-8-16/h1-8,11-13,27H,9-10H2,(H,23,28). The SMILES string of the molecule is O=C(NCCO)c1cccc(-c2cn(-c3ccccc3)c3ncnc(Cl)c23)c1. The van der Waals surface area contributed by atoms with Crippen LogP contribution in [-0.2, 0) is 0 Å². The summed E-state index contributed by atoms with van der Waals surface area (Å²) >= 11 is 6.41. The highest BCUT2D eigenvalue weighted by Crippen LogP contribution is 2.35. The van der Waals surface area contributed by atoms with Crippen LogP contribution < -0.4 is 5.32 Å². The Labute approximate surface area is 166 Å². The molecule has 28 heavy (non-hydrogen) atoms. The fourth-order valence-electron chi connectivity index (χ4n) is 3.13. The van der Waals surface area contributed by atoms with E-state index >= 15 is 0 Å². The Morgan fingerprint density at radius 2 is 1.93 bits per heavy atom. The Balaban J connectivity index is 1.87. The number of fused-ring (bicyclic) bond motifs is 1. The van der Waals surface area contributed by atoms with Crippen molar-refractivity contribution in [3.05, 3.63) is 77.8 Å². The molecular weight excluding hydrogens is 376 g/mol. The van der Waals surface area contributed by atoms with Crippen molar-refractivity contribution in [3.8, 4) is 16.8 Å². The maximum absolute atomic E-state index is 12.3. The van der Waals surface area contributed by atoms with E-state index in [2.05, 4.69) is 15.3 Å². The molecule has 0 aliphatic carbocycles. The fraction of sp³-hybridized carbons (Fsp3) is 0.0952. The van der Waals surface area contributed by atoms with E-state index in [-0.39, 0.29) is 19.1 Å². The number of amides is 1. The average molecular weight is 393 g/mol. The number of rotatable bonds is 5. The Hall–Kier alpha value is -3.22. The average Bonchev–Trinajstić information content (AvgIpc) is 3.14. The summed E-state index contributed by atoms with van der Waals surface area (Å²) in [7, 11) is 0. The number of aromatic nitrogens is 3. The molecule has 7 heteroatoms. The van der Waals surface area contributed by atoms with Crippen LogP contribution >= 0.6 is 11.6 Å². The summed E-state index contributed by atoms with van der Waals surface area (Å²) in [5.41, 5.74) is 3.80. The largest absolute Gasteiger partial charge is 0.395 e. The molecule has 4 aromatic rings. The predicted molar refractivity (Wildman–Crippen MR) is 109 cm³/mol. The van der Waals surface area contributed by atoms with E-state index in [1.807, 2.05) is 53.2 Å². The van der Waals surface area contributed by atoms with Gasteiger partial charge >= 0.3 is 0 Å². The summed E-state index contributed by atoms with van der Waals surface area (Å²) in [6, 6.07) is 17.1. The van der Waals surface area contributed by atoms with Gasteiger partial charge in [-0.1, -0.05) is 41.9 Å². The molecule has 2 aromatic heterocycles. The first kappa shape index (κ1) is 18.2. The number of hydrogen-bond donors (Lipinski definition) is 2.